The summed E-state index contributed by atoms with van der Waals surface area (Å²) >= 11 is 0. The molecule has 0 saturated heterocycles. The van der Waals surface area contributed by atoms with Gasteiger partial charge in [0.05, 0.1) is 18.5 Å². The summed E-state index contributed by atoms with van der Waals surface area (Å²) in [7, 11) is 1.60. The molecule has 0 fully saturated rings. The molecule has 1 atom stereocenters. The standard InChI is InChI=1S/C15H17NO3/c1-9(2)14(15(17)18)12-6-7-16-13-8-10(19-3)4-5-11(12)13/h4-9,14H,1-3H3,(H,17,18). The SMILES string of the molecule is COc1ccc2c(C(C(=O)O)C(C)C)ccnc2c1. The highest BCUT2D eigenvalue weighted by Gasteiger charge is 2.25. The summed E-state index contributed by atoms with van der Waals surface area (Å²) in [4.78, 5) is 15.7. The van der Waals surface area contributed by atoms with Crippen LogP contribution in [-0.4, -0.2) is 23.2 Å². The van der Waals surface area contributed by atoms with Crippen molar-refractivity contribution in [3.8, 4) is 5.75 Å². The van der Waals surface area contributed by atoms with Crippen LogP contribution in [-0.2, 0) is 4.79 Å². The molecular formula is C15H17NO3. The average molecular weight is 259 g/mol. The Balaban J connectivity index is 2.63. The van der Waals surface area contributed by atoms with Crippen molar-refractivity contribution in [2.45, 2.75) is 19.8 Å². The van der Waals surface area contributed by atoms with Crippen LogP contribution in [0.15, 0.2) is 30.5 Å². The lowest BCUT2D eigenvalue weighted by Crippen LogP contribution is -2.17. The topological polar surface area (TPSA) is 59.4 Å². The number of carboxylic acids is 1. The molecule has 0 aliphatic heterocycles. The fourth-order valence-corrected chi connectivity index (χ4v) is 2.33. The molecule has 4 heteroatoms. The van der Waals surface area contributed by atoms with E-state index in [1.54, 1.807) is 19.4 Å². The number of nitrogens with zero attached hydrogens (tertiary/aromatic N) is 1. The number of aromatic nitrogens is 1. The first-order valence-corrected chi connectivity index (χ1v) is 6.20. The van der Waals surface area contributed by atoms with Crippen molar-refractivity contribution in [1.29, 1.82) is 0 Å². The molecule has 1 heterocycles. The number of aliphatic carboxylic acids is 1. The number of hydrogen-bond donors (Lipinski definition) is 1. The van der Waals surface area contributed by atoms with Crippen LogP contribution in [0.2, 0.25) is 0 Å². The molecule has 19 heavy (non-hydrogen) atoms. The Morgan fingerprint density at radius 3 is 2.63 bits per heavy atom. The van der Waals surface area contributed by atoms with Crippen LogP contribution in [0.5, 0.6) is 5.75 Å². The average Bonchev–Trinajstić information content (AvgIpc) is 2.37. The third-order valence-electron chi connectivity index (χ3n) is 3.25. The number of fused-ring (bicyclic) bond motifs is 1. The zero-order valence-corrected chi connectivity index (χ0v) is 11.3. The summed E-state index contributed by atoms with van der Waals surface area (Å²) in [5, 5.41) is 10.3. The van der Waals surface area contributed by atoms with E-state index in [0.717, 1.165) is 16.5 Å². The van der Waals surface area contributed by atoms with E-state index in [1.807, 2.05) is 32.0 Å². The highest BCUT2D eigenvalue weighted by molar-refractivity contribution is 5.89. The normalized spacial score (nSPS) is 12.6. The quantitative estimate of drug-likeness (QED) is 0.916. The molecular weight excluding hydrogens is 242 g/mol. The molecule has 0 saturated carbocycles. The molecule has 1 aromatic carbocycles. The van der Waals surface area contributed by atoms with Crippen molar-refractivity contribution in [2.75, 3.05) is 7.11 Å². The van der Waals surface area contributed by atoms with E-state index in [-0.39, 0.29) is 5.92 Å². The van der Waals surface area contributed by atoms with Gasteiger partial charge in [-0.1, -0.05) is 13.8 Å². The molecule has 1 N–H and O–H groups in total. The van der Waals surface area contributed by atoms with Crippen LogP contribution in [0.25, 0.3) is 10.9 Å². The van der Waals surface area contributed by atoms with Crippen LogP contribution < -0.4 is 4.74 Å². The Morgan fingerprint density at radius 2 is 2.05 bits per heavy atom. The van der Waals surface area contributed by atoms with Crippen LogP contribution in [0.3, 0.4) is 0 Å². The van der Waals surface area contributed by atoms with Crippen LogP contribution in [0.4, 0.5) is 0 Å². The first kappa shape index (κ1) is 13.3. The molecule has 1 unspecified atom stereocenters. The molecule has 1 aromatic heterocycles. The Morgan fingerprint density at radius 1 is 1.32 bits per heavy atom. The van der Waals surface area contributed by atoms with Gasteiger partial charge in [-0.05, 0) is 29.7 Å². The van der Waals surface area contributed by atoms with Crippen molar-refractivity contribution in [2.24, 2.45) is 5.92 Å². The predicted molar refractivity (Wildman–Crippen MR) is 73.5 cm³/mol. The maximum atomic E-state index is 11.5. The Labute approximate surface area is 112 Å². The third-order valence-corrected chi connectivity index (χ3v) is 3.25. The Hall–Kier alpha value is -2.10. The van der Waals surface area contributed by atoms with Gasteiger partial charge in [0.25, 0.3) is 0 Å². The molecule has 0 spiro atoms. The number of rotatable bonds is 4. The Bertz CT molecular complexity index is 607. The molecule has 0 radical (unpaired) electrons. The second kappa shape index (κ2) is 5.26. The molecule has 0 bridgehead atoms. The minimum Gasteiger partial charge on any atom is -0.497 e. The van der Waals surface area contributed by atoms with Gasteiger partial charge < -0.3 is 9.84 Å². The molecule has 100 valence electrons. The highest BCUT2D eigenvalue weighted by atomic mass is 16.5. The van der Waals surface area contributed by atoms with Gasteiger partial charge in [0.2, 0.25) is 0 Å². The lowest BCUT2D eigenvalue weighted by Gasteiger charge is -2.18. The van der Waals surface area contributed by atoms with Crippen LogP contribution in [0, 0.1) is 5.92 Å². The zero-order chi connectivity index (χ0) is 14.0. The number of benzene rings is 1. The summed E-state index contributed by atoms with van der Waals surface area (Å²) in [6.45, 7) is 3.82. The van der Waals surface area contributed by atoms with E-state index in [2.05, 4.69) is 4.98 Å². The second-order valence-electron chi connectivity index (χ2n) is 4.84. The first-order valence-electron chi connectivity index (χ1n) is 6.20. The van der Waals surface area contributed by atoms with Gasteiger partial charge in [0.1, 0.15) is 5.75 Å². The number of methoxy groups -OCH3 is 1. The van der Waals surface area contributed by atoms with Gasteiger partial charge in [0.15, 0.2) is 0 Å². The van der Waals surface area contributed by atoms with Gasteiger partial charge >= 0.3 is 5.97 Å². The van der Waals surface area contributed by atoms with Crippen molar-refractivity contribution in [1.82, 2.24) is 4.98 Å². The maximum absolute atomic E-state index is 11.5. The summed E-state index contributed by atoms with van der Waals surface area (Å²) in [6, 6.07) is 7.30. The van der Waals surface area contributed by atoms with Gasteiger partial charge in [-0.2, -0.15) is 0 Å². The van der Waals surface area contributed by atoms with E-state index in [9.17, 15) is 9.90 Å². The van der Waals surface area contributed by atoms with Crippen molar-refractivity contribution in [3.05, 3.63) is 36.0 Å². The Kier molecular flexibility index (Phi) is 3.69. The monoisotopic (exact) mass is 259 g/mol. The fourth-order valence-electron chi connectivity index (χ4n) is 2.33. The van der Waals surface area contributed by atoms with Gasteiger partial charge in [-0.25, -0.2) is 0 Å². The number of carbonyl (C=O) groups is 1. The smallest absolute Gasteiger partial charge is 0.311 e. The summed E-state index contributed by atoms with van der Waals surface area (Å²) in [5.41, 5.74) is 1.55. The highest BCUT2D eigenvalue weighted by Crippen LogP contribution is 2.31. The van der Waals surface area contributed by atoms with E-state index in [1.165, 1.54) is 0 Å². The third kappa shape index (κ3) is 2.52. The lowest BCUT2D eigenvalue weighted by molar-refractivity contribution is -0.139. The molecule has 4 nitrogen and oxygen atoms in total. The molecule has 2 rings (SSSR count). The van der Waals surface area contributed by atoms with Crippen molar-refractivity contribution in [3.63, 3.8) is 0 Å². The number of ether oxygens (including phenoxy) is 1. The van der Waals surface area contributed by atoms with Gasteiger partial charge in [-0.15, -0.1) is 0 Å². The molecule has 0 aliphatic rings. The lowest BCUT2D eigenvalue weighted by atomic mass is 9.87. The van der Waals surface area contributed by atoms with E-state index >= 15 is 0 Å². The summed E-state index contributed by atoms with van der Waals surface area (Å²) < 4.78 is 5.16. The largest absolute Gasteiger partial charge is 0.497 e. The van der Waals surface area contributed by atoms with Crippen molar-refractivity contribution >= 4 is 16.9 Å². The summed E-state index contributed by atoms with van der Waals surface area (Å²) in [5.74, 6) is -0.601. The minimum atomic E-state index is -0.807. The first-order chi connectivity index (χ1) is 9.04. The second-order valence-corrected chi connectivity index (χ2v) is 4.84. The zero-order valence-electron chi connectivity index (χ0n) is 11.3. The van der Waals surface area contributed by atoms with Gasteiger partial charge in [0, 0.05) is 17.6 Å². The van der Waals surface area contributed by atoms with E-state index < -0.39 is 11.9 Å². The molecule has 0 amide bonds. The number of hydrogen-bond acceptors (Lipinski definition) is 3. The fraction of sp³-hybridized carbons (Fsp3) is 0.333. The van der Waals surface area contributed by atoms with Gasteiger partial charge in [-0.3, -0.25) is 9.78 Å². The van der Waals surface area contributed by atoms with Crippen molar-refractivity contribution < 1.29 is 14.6 Å². The molecule has 0 aliphatic carbocycles. The predicted octanol–water partition coefficient (Wildman–Crippen LogP) is 3.07. The van der Waals surface area contributed by atoms with Crippen LogP contribution >= 0.6 is 0 Å². The number of carboxylic acid groups (broad SMARTS) is 1. The van der Waals surface area contributed by atoms with E-state index in [0.29, 0.717) is 5.75 Å². The minimum absolute atomic E-state index is 0.0187. The number of pyridine rings is 1. The summed E-state index contributed by atoms with van der Waals surface area (Å²) in [6.07, 6.45) is 1.65. The maximum Gasteiger partial charge on any atom is 0.311 e. The van der Waals surface area contributed by atoms with E-state index in [4.69, 9.17) is 4.74 Å². The van der Waals surface area contributed by atoms with Crippen LogP contribution in [0.1, 0.15) is 25.3 Å². The molecule has 2 aromatic rings.